The highest BCUT2D eigenvalue weighted by Crippen LogP contribution is 2.29. The van der Waals surface area contributed by atoms with Crippen molar-refractivity contribution in [3.05, 3.63) is 54.1 Å². The van der Waals surface area contributed by atoms with Gasteiger partial charge in [0, 0.05) is 0 Å². The monoisotopic (exact) mass is 410 g/mol. The Bertz CT molecular complexity index is 947. The predicted octanol–water partition coefficient (Wildman–Crippen LogP) is 3.28. The third kappa shape index (κ3) is 4.97. The molecule has 2 aromatic rings. The molecule has 0 bridgehead atoms. The van der Waals surface area contributed by atoms with E-state index in [0.29, 0.717) is 17.1 Å². The Kier molecular flexibility index (Phi) is 6.10. The number of esters is 1. The molecule has 0 spiro atoms. The molecule has 0 radical (unpaired) electrons. The fourth-order valence-electron chi connectivity index (χ4n) is 3.07. The number of nitrogens with zero attached hydrogens (tertiary/aromatic N) is 1. The first-order chi connectivity index (χ1) is 14.1. The van der Waals surface area contributed by atoms with Gasteiger partial charge in [-0.05, 0) is 42.2 Å². The van der Waals surface area contributed by atoms with Gasteiger partial charge in [0.1, 0.15) is 12.3 Å². The maximum absolute atomic E-state index is 12.6. The van der Waals surface area contributed by atoms with E-state index in [-0.39, 0.29) is 17.9 Å². The summed E-state index contributed by atoms with van der Waals surface area (Å²) >= 11 is 0. The Morgan fingerprint density at radius 2 is 1.77 bits per heavy atom. The summed E-state index contributed by atoms with van der Waals surface area (Å²) < 4.78 is 10.8. The number of carbonyl (C=O) groups is 3. The lowest BCUT2D eigenvalue weighted by atomic mass is 9.87. The van der Waals surface area contributed by atoms with Gasteiger partial charge in [0.25, 0.3) is 5.91 Å². The van der Waals surface area contributed by atoms with Crippen LogP contribution in [0.3, 0.4) is 0 Å². The van der Waals surface area contributed by atoms with Crippen LogP contribution in [0.25, 0.3) is 0 Å². The largest absolute Gasteiger partial charge is 0.479 e. The first kappa shape index (κ1) is 21.4. The molecule has 0 saturated carbocycles. The normalized spacial score (nSPS) is 14.4. The Labute approximate surface area is 176 Å². The first-order valence-electron chi connectivity index (χ1n) is 9.78. The summed E-state index contributed by atoms with van der Waals surface area (Å²) in [4.78, 5) is 38.0. The topological polar surface area (TPSA) is 84.9 Å². The Morgan fingerprint density at radius 1 is 1.10 bits per heavy atom. The molecule has 158 valence electrons. The van der Waals surface area contributed by atoms with Crippen molar-refractivity contribution < 1.29 is 23.9 Å². The van der Waals surface area contributed by atoms with Crippen LogP contribution in [0.2, 0.25) is 0 Å². The molecule has 0 aliphatic carbocycles. The predicted molar refractivity (Wildman–Crippen MR) is 114 cm³/mol. The van der Waals surface area contributed by atoms with E-state index >= 15 is 0 Å². The second-order valence-electron chi connectivity index (χ2n) is 8.19. The first-order valence-corrected chi connectivity index (χ1v) is 9.78. The molecule has 1 atom stereocenters. The SMILES string of the molecule is C[C@@H](Oc1ccc(C(C)(C)C)cc1)C(=O)OCC(=O)N1CC(=O)Nc2ccccc21. The van der Waals surface area contributed by atoms with Crippen molar-refractivity contribution in [2.24, 2.45) is 0 Å². The molecule has 7 nitrogen and oxygen atoms in total. The van der Waals surface area contributed by atoms with Crippen molar-refractivity contribution in [3.8, 4) is 5.75 Å². The maximum Gasteiger partial charge on any atom is 0.347 e. The van der Waals surface area contributed by atoms with Crippen LogP contribution in [-0.4, -0.2) is 37.0 Å². The van der Waals surface area contributed by atoms with Gasteiger partial charge in [0.15, 0.2) is 12.7 Å². The summed E-state index contributed by atoms with van der Waals surface area (Å²) in [5.41, 5.74) is 2.29. The highest BCUT2D eigenvalue weighted by molar-refractivity contribution is 6.10. The van der Waals surface area contributed by atoms with E-state index in [4.69, 9.17) is 9.47 Å². The molecular weight excluding hydrogens is 384 g/mol. The Hall–Kier alpha value is -3.35. The molecule has 2 aromatic carbocycles. The van der Waals surface area contributed by atoms with Gasteiger partial charge >= 0.3 is 5.97 Å². The second-order valence-corrected chi connectivity index (χ2v) is 8.19. The van der Waals surface area contributed by atoms with Crippen molar-refractivity contribution >= 4 is 29.2 Å². The summed E-state index contributed by atoms with van der Waals surface area (Å²) in [7, 11) is 0. The van der Waals surface area contributed by atoms with Gasteiger partial charge in [0.2, 0.25) is 5.91 Å². The van der Waals surface area contributed by atoms with Gasteiger partial charge in [-0.3, -0.25) is 14.5 Å². The number of fused-ring (bicyclic) bond motifs is 1. The fourth-order valence-corrected chi connectivity index (χ4v) is 3.07. The van der Waals surface area contributed by atoms with E-state index in [1.807, 2.05) is 12.1 Å². The van der Waals surface area contributed by atoms with Crippen LogP contribution in [-0.2, 0) is 24.5 Å². The van der Waals surface area contributed by atoms with Crippen LogP contribution in [0.5, 0.6) is 5.75 Å². The Morgan fingerprint density at radius 3 is 2.43 bits per heavy atom. The molecule has 2 amide bonds. The third-order valence-corrected chi connectivity index (χ3v) is 4.77. The number of benzene rings is 2. The zero-order valence-corrected chi connectivity index (χ0v) is 17.6. The van der Waals surface area contributed by atoms with E-state index in [0.717, 1.165) is 5.56 Å². The number of hydrogen-bond acceptors (Lipinski definition) is 5. The summed E-state index contributed by atoms with van der Waals surface area (Å²) in [5, 5.41) is 2.71. The number of amides is 2. The molecule has 3 rings (SSSR count). The second kappa shape index (κ2) is 8.57. The lowest BCUT2D eigenvalue weighted by Crippen LogP contribution is -2.44. The number of rotatable bonds is 5. The van der Waals surface area contributed by atoms with Gasteiger partial charge in [0.05, 0.1) is 11.4 Å². The molecule has 0 fully saturated rings. The van der Waals surface area contributed by atoms with Gasteiger partial charge in [-0.25, -0.2) is 4.79 Å². The lowest BCUT2D eigenvalue weighted by molar-refractivity contribution is -0.154. The summed E-state index contributed by atoms with van der Waals surface area (Å²) in [6.45, 7) is 7.31. The van der Waals surface area contributed by atoms with E-state index in [1.165, 1.54) is 4.90 Å². The molecule has 1 aliphatic heterocycles. The molecule has 7 heteroatoms. The average Bonchev–Trinajstić information content (AvgIpc) is 2.70. The molecule has 0 aromatic heterocycles. The quantitative estimate of drug-likeness (QED) is 0.765. The van der Waals surface area contributed by atoms with Gasteiger partial charge in [-0.1, -0.05) is 45.0 Å². The van der Waals surface area contributed by atoms with E-state index in [2.05, 4.69) is 26.1 Å². The summed E-state index contributed by atoms with van der Waals surface area (Å²) in [6.07, 6.45) is -0.879. The number of hydrogen-bond donors (Lipinski definition) is 1. The number of carbonyl (C=O) groups excluding carboxylic acids is 3. The van der Waals surface area contributed by atoms with Crippen LogP contribution in [0.1, 0.15) is 33.3 Å². The van der Waals surface area contributed by atoms with Crippen LogP contribution in [0.4, 0.5) is 11.4 Å². The molecule has 30 heavy (non-hydrogen) atoms. The fraction of sp³-hybridized carbons (Fsp3) is 0.348. The average molecular weight is 410 g/mol. The van der Waals surface area contributed by atoms with Crippen molar-refractivity contribution in [3.63, 3.8) is 0 Å². The molecule has 1 aliphatic rings. The van der Waals surface area contributed by atoms with Crippen LogP contribution >= 0.6 is 0 Å². The van der Waals surface area contributed by atoms with E-state index < -0.39 is 24.6 Å². The Balaban J connectivity index is 1.56. The highest BCUT2D eigenvalue weighted by Gasteiger charge is 2.28. The van der Waals surface area contributed by atoms with Crippen molar-refractivity contribution in [2.45, 2.75) is 39.2 Å². The molecule has 1 N–H and O–H groups in total. The van der Waals surface area contributed by atoms with Gasteiger partial charge in [-0.2, -0.15) is 0 Å². The van der Waals surface area contributed by atoms with E-state index in [1.54, 1.807) is 43.3 Å². The van der Waals surface area contributed by atoms with Crippen LogP contribution in [0, 0.1) is 0 Å². The molecule has 1 heterocycles. The van der Waals surface area contributed by atoms with Crippen molar-refractivity contribution in [2.75, 3.05) is 23.4 Å². The third-order valence-electron chi connectivity index (χ3n) is 4.77. The maximum atomic E-state index is 12.6. The van der Waals surface area contributed by atoms with Crippen molar-refractivity contribution in [1.29, 1.82) is 0 Å². The van der Waals surface area contributed by atoms with E-state index in [9.17, 15) is 14.4 Å². The van der Waals surface area contributed by atoms with Gasteiger partial charge < -0.3 is 14.8 Å². The lowest BCUT2D eigenvalue weighted by Gasteiger charge is -2.29. The number of nitrogens with one attached hydrogen (secondary N) is 1. The zero-order valence-electron chi connectivity index (χ0n) is 17.6. The van der Waals surface area contributed by atoms with Crippen LogP contribution in [0.15, 0.2) is 48.5 Å². The summed E-state index contributed by atoms with van der Waals surface area (Å²) in [5.74, 6) is -0.894. The van der Waals surface area contributed by atoms with Crippen LogP contribution < -0.4 is 15.0 Å². The molecular formula is C23H26N2O5. The number of ether oxygens (including phenoxy) is 2. The molecule has 0 saturated heterocycles. The number of para-hydroxylation sites is 2. The minimum absolute atomic E-state index is 0.0212. The zero-order chi connectivity index (χ0) is 21.9. The smallest absolute Gasteiger partial charge is 0.347 e. The minimum Gasteiger partial charge on any atom is -0.479 e. The highest BCUT2D eigenvalue weighted by atomic mass is 16.6. The van der Waals surface area contributed by atoms with Crippen molar-refractivity contribution in [1.82, 2.24) is 0 Å². The summed E-state index contributed by atoms with van der Waals surface area (Å²) in [6, 6.07) is 14.5. The van der Waals surface area contributed by atoms with Gasteiger partial charge in [-0.15, -0.1) is 0 Å². The standard InChI is InChI=1S/C23H26N2O5/c1-15(30-17-11-9-16(10-12-17)23(2,3)4)22(28)29-14-21(27)25-13-20(26)24-18-7-5-6-8-19(18)25/h5-12,15H,13-14H2,1-4H3,(H,24,26)/t15-/m1/s1. The minimum atomic E-state index is -0.879. The molecule has 0 unspecified atom stereocenters. The number of anilines is 2.